The second-order valence-corrected chi connectivity index (χ2v) is 13.5. The molecule has 1 aromatic carbocycles. The lowest BCUT2D eigenvalue weighted by molar-refractivity contribution is -0.270. The molecule has 0 spiro atoms. The topological polar surface area (TPSA) is 166 Å². The number of nitrogens with one attached hydrogen (secondary N) is 3. The van der Waals surface area contributed by atoms with E-state index in [1.807, 2.05) is 30.3 Å². The Morgan fingerprint density at radius 2 is 1.41 bits per heavy atom. The predicted octanol–water partition coefficient (Wildman–Crippen LogP) is 4.44. The summed E-state index contributed by atoms with van der Waals surface area (Å²) < 4.78 is 11.4. The van der Waals surface area contributed by atoms with Gasteiger partial charge in [-0.25, -0.2) is 0 Å². The summed E-state index contributed by atoms with van der Waals surface area (Å²) in [7, 11) is 0. The van der Waals surface area contributed by atoms with Gasteiger partial charge in [-0.3, -0.25) is 14.4 Å². The SMILES string of the molecule is CCCCCCCCCCC(=O)N[C@@H](Cc1ccccc1)C(=O)NCCCCCCCCCCO[C@@H]1OC(CO)[C@@H](O)C(O)C1NC(C)=O. The Labute approximate surface area is 294 Å². The molecule has 1 aromatic rings. The van der Waals surface area contributed by atoms with Gasteiger partial charge in [0.1, 0.15) is 30.4 Å². The summed E-state index contributed by atoms with van der Waals surface area (Å²) in [6.45, 7) is 4.02. The van der Waals surface area contributed by atoms with Crippen LogP contribution >= 0.6 is 0 Å². The first kappa shape index (κ1) is 42.6. The minimum absolute atomic E-state index is 0.0564. The Bertz CT molecular complexity index is 1030. The molecule has 280 valence electrons. The van der Waals surface area contributed by atoms with Crippen LogP contribution in [0.2, 0.25) is 0 Å². The molecule has 11 nitrogen and oxygen atoms in total. The number of amides is 3. The zero-order valence-corrected chi connectivity index (χ0v) is 30.1. The summed E-state index contributed by atoms with van der Waals surface area (Å²) in [5, 5.41) is 38.5. The van der Waals surface area contributed by atoms with Gasteiger partial charge in [-0.1, -0.05) is 121 Å². The van der Waals surface area contributed by atoms with Gasteiger partial charge in [-0.15, -0.1) is 0 Å². The lowest BCUT2D eigenvalue weighted by Crippen LogP contribution is -2.64. The number of carbonyl (C=O) groups excluding carboxylic acids is 3. The van der Waals surface area contributed by atoms with Crippen molar-refractivity contribution in [3.8, 4) is 0 Å². The van der Waals surface area contributed by atoms with Crippen molar-refractivity contribution in [1.82, 2.24) is 16.0 Å². The summed E-state index contributed by atoms with van der Waals surface area (Å²) in [5.74, 6) is -0.562. The van der Waals surface area contributed by atoms with Crippen LogP contribution in [0.3, 0.4) is 0 Å². The van der Waals surface area contributed by atoms with Gasteiger partial charge in [0.25, 0.3) is 0 Å². The van der Waals surface area contributed by atoms with E-state index in [9.17, 15) is 29.7 Å². The zero-order valence-electron chi connectivity index (χ0n) is 30.1. The highest BCUT2D eigenvalue weighted by Crippen LogP contribution is 2.23. The van der Waals surface area contributed by atoms with E-state index in [0.29, 0.717) is 26.0 Å². The third-order valence-electron chi connectivity index (χ3n) is 9.09. The highest BCUT2D eigenvalue weighted by Gasteiger charge is 2.45. The van der Waals surface area contributed by atoms with E-state index in [1.54, 1.807) is 0 Å². The first-order valence-electron chi connectivity index (χ1n) is 18.9. The average Bonchev–Trinajstić information content (AvgIpc) is 3.09. The number of aliphatic hydroxyl groups is 3. The summed E-state index contributed by atoms with van der Waals surface area (Å²) >= 11 is 0. The van der Waals surface area contributed by atoms with Crippen molar-refractivity contribution in [2.45, 2.75) is 166 Å². The molecule has 1 heterocycles. The molecule has 49 heavy (non-hydrogen) atoms. The van der Waals surface area contributed by atoms with Crippen molar-refractivity contribution < 1.29 is 39.2 Å². The molecule has 1 saturated heterocycles. The number of rotatable bonds is 27. The molecule has 2 rings (SSSR count). The Balaban J connectivity index is 1.58. The molecular weight excluding hydrogens is 626 g/mol. The maximum absolute atomic E-state index is 13.1. The molecule has 0 aromatic heterocycles. The Kier molecular flexibility index (Phi) is 22.8. The molecule has 1 aliphatic rings. The summed E-state index contributed by atoms with van der Waals surface area (Å²) in [4.78, 5) is 37.3. The standard InChI is InChI=1S/C38H65N3O8/c1-3-4-5-6-7-10-13-19-24-33(44)41-31(27-30-22-17-16-18-23-30)37(47)39-25-20-14-11-8-9-12-15-21-26-48-38-34(40-29(2)43)36(46)35(45)32(28-42)49-38/h16-18,22-23,31-32,34-36,38,42,45-46H,3-15,19-21,24-28H2,1-2H3,(H,39,47)(H,40,43)(H,41,44)/t31-,32?,34?,35+,36?,38+/m0/s1. The van der Waals surface area contributed by atoms with Crippen molar-refractivity contribution >= 4 is 17.7 Å². The number of ether oxygens (including phenoxy) is 2. The molecule has 3 amide bonds. The van der Waals surface area contributed by atoms with Gasteiger partial charge < -0.3 is 40.7 Å². The van der Waals surface area contributed by atoms with Crippen LogP contribution < -0.4 is 16.0 Å². The third kappa shape index (κ3) is 18.3. The molecule has 1 fully saturated rings. The van der Waals surface area contributed by atoms with Crippen LogP contribution in [0.15, 0.2) is 30.3 Å². The molecule has 3 unspecified atom stereocenters. The summed E-state index contributed by atoms with van der Waals surface area (Å²) in [5.41, 5.74) is 1.02. The highest BCUT2D eigenvalue weighted by atomic mass is 16.7. The number of unbranched alkanes of at least 4 members (excludes halogenated alkanes) is 14. The predicted molar refractivity (Wildman–Crippen MR) is 191 cm³/mol. The molecule has 11 heteroatoms. The zero-order chi connectivity index (χ0) is 35.7. The van der Waals surface area contributed by atoms with Gasteiger partial charge in [0.05, 0.1) is 6.61 Å². The first-order chi connectivity index (χ1) is 23.8. The van der Waals surface area contributed by atoms with Gasteiger partial charge in [0, 0.05) is 32.9 Å². The summed E-state index contributed by atoms with van der Waals surface area (Å²) in [6.07, 6.45) is 13.7. The molecule has 1 aliphatic heterocycles. The van der Waals surface area contributed by atoms with Crippen molar-refractivity contribution in [3.63, 3.8) is 0 Å². The quantitative estimate of drug-likeness (QED) is 0.0737. The van der Waals surface area contributed by atoms with Crippen molar-refractivity contribution in [2.24, 2.45) is 0 Å². The Morgan fingerprint density at radius 1 is 0.816 bits per heavy atom. The number of carbonyl (C=O) groups is 3. The van der Waals surface area contributed by atoms with Crippen LogP contribution in [0, 0.1) is 0 Å². The fourth-order valence-corrected chi connectivity index (χ4v) is 6.18. The van der Waals surface area contributed by atoms with Crippen LogP contribution in [0.1, 0.15) is 129 Å². The Morgan fingerprint density at radius 3 is 2.02 bits per heavy atom. The van der Waals surface area contributed by atoms with Crippen molar-refractivity contribution in [1.29, 1.82) is 0 Å². The minimum atomic E-state index is -1.32. The fraction of sp³-hybridized carbons (Fsp3) is 0.763. The van der Waals surface area contributed by atoms with Crippen molar-refractivity contribution in [3.05, 3.63) is 35.9 Å². The fourth-order valence-electron chi connectivity index (χ4n) is 6.18. The van der Waals surface area contributed by atoms with E-state index in [0.717, 1.165) is 76.2 Å². The average molecular weight is 692 g/mol. The smallest absolute Gasteiger partial charge is 0.242 e. The van der Waals surface area contributed by atoms with Crippen LogP contribution in [-0.4, -0.2) is 89.5 Å². The van der Waals surface area contributed by atoms with Gasteiger partial charge >= 0.3 is 0 Å². The molecule has 6 atom stereocenters. The second-order valence-electron chi connectivity index (χ2n) is 13.5. The van der Waals surface area contributed by atoms with Gasteiger partial charge in [0.15, 0.2) is 6.29 Å². The summed E-state index contributed by atoms with van der Waals surface area (Å²) in [6, 6.07) is 8.31. The molecule has 0 bridgehead atoms. The third-order valence-corrected chi connectivity index (χ3v) is 9.09. The van der Waals surface area contributed by atoms with Crippen LogP contribution in [0.25, 0.3) is 0 Å². The van der Waals surface area contributed by atoms with E-state index in [2.05, 4.69) is 22.9 Å². The number of hydrogen-bond donors (Lipinski definition) is 6. The molecule has 0 saturated carbocycles. The van der Waals surface area contributed by atoms with E-state index < -0.39 is 43.3 Å². The van der Waals surface area contributed by atoms with Gasteiger partial charge in [-0.05, 0) is 24.8 Å². The van der Waals surface area contributed by atoms with Crippen LogP contribution in [0.4, 0.5) is 0 Å². The largest absolute Gasteiger partial charge is 0.394 e. The number of hydrogen-bond acceptors (Lipinski definition) is 8. The van der Waals surface area contributed by atoms with Gasteiger partial charge in [0.2, 0.25) is 17.7 Å². The number of benzene rings is 1. The normalized spacial score (nSPS) is 21.2. The molecular formula is C38H65N3O8. The van der Waals surface area contributed by atoms with Gasteiger partial charge in [-0.2, -0.15) is 0 Å². The van der Waals surface area contributed by atoms with E-state index in [4.69, 9.17) is 9.47 Å². The van der Waals surface area contributed by atoms with E-state index >= 15 is 0 Å². The van der Waals surface area contributed by atoms with E-state index in [1.165, 1.54) is 39.0 Å². The maximum Gasteiger partial charge on any atom is 0.242 e. The minimum Gasteiger partial charge on any atom is -0.394 e. The molecule has 0 aliphatic carbocycles. The number of aliphatic hydroxyl groups excluding tert-OH is 3. The van der Waals surface area contributed by atoms with Crippen LogP contribution in [0.5, 0.6) is 0 Å². The molecule has 0 radical (unpaired) electrons. The first-order valence-corrected chi connectivity index (χ1v) is 18.9. The lowest BCUT2D eigenvalue weighted by Gasteiger charge is -2.42. The Hall–Kier alpha value is -2.57. The van der Waals surface area contributed by atoms with Crippen molar-refractivity contribution in [2.75, 3.05) is 19.8 Å². The highest BCUT2D eigenvalue weighted by molar-refractivity contribution is 5.87. The lowest BCUT2D eigenvalue weighted by atomic mass is 9.97. The molecule has 6 N–H and O–H groups in total. The second kappa shape index (κ2) is 26.3. The van der Waals surface area contributed by atoms with Crippen LogP contribution in [-0.2, 0) is 30.3 Å². The van der Waals surface area contributed by atoms with E-state index in [-0.39, 0.29) is 17.7 Å². The maximum atomic E-state index is 13.1. The monoisotopic (exact) mass is 691 g/mol.